The number of hydrogen-bond donors (Lipinski definition) is 0. The molecule has 0 radical (unpaired) electrons. The van der Waals surface area contributed by atoms with Gasteiger partial charge in [-0.05, 0) is 93.0 Å². The lowest BCUT2D eigenvalue weighted by Gasteiger charge is -2.15. The minimum atomic E-state index is 0.589. The van der Waals surface area contributed by atoms with Crippen LogP contribution in [0.15, 0.2) is 273 Å². The molecule has 0 aliphatic heterocycles. The fourth-order valence-corrected chi connectivity index (χ4v) is 10.8. The van der Waals surface area contributed by atoms with E-state index in [1.807, 2.05) is 24.3 Å². The third kappa shape index (κ3) is 7.54. The first-order valence-corrected chi connectivity index (χ1v) is 25.1. The van der Waals surface area contributed by atoms with Crippen molar-refractivity contribution in [1.82, 2.24) is 24.1 Å². The van der Waals surface area contributed by atoms with E-state index in [2.05, 4.69) is 258 Å². The Labute approximate surface area is 428 Å². The van der Waals surface area contributed by atoms with E-state index >= 15 is 0 Å². The first-order chi connectivity index (χ1) is 36.7. The minimum absolute atomic E-state index is 0.589. The van der Waals surface area contributed by atoms with Gasteiger partial charge in [0, 0.05) is 43.9 Å². The molecular weight excluding hydrogens is 899 g/mol. The highest BCUT2D eigenvalue weighted by molar-refractivity contribution is 6.17. The van der Waals surface area contributed by atoms with Gasteiger partial charge in [0.1, 0.15) is 0 Å². The van der Waals surface area contributed by atoms with E-state index in [1.165, 1.54) is 21.9 Å². The van der Waals surface area contributed by atoms with Crippen molar-refractivity contribution in [1.29, 1.82) is 0 Å². The van der Waals surface area contributed by atoms with Crippen molar-refractivity contribution in [3.63, 3.8) is 0 Å². The predicted octanol–water partition coefficient (Wildman–Crippen LogP) is 17.7. The Hall–Kier alpha value is -9.97. The molecule has 0 spiro atoms. The molecule has 0 aliphatic rings. The van der Waals surface area contributed by atoms with Crippen LogP contribution in [-0.4, -0.2) is 24.1 Å². The highest BCUT2D eigenvalue weighted by atomic mass is 15.0. The molecule has 346 valence electrons. The third-order valence-corrected chi connectivity index (χ3v) is 14.4. The normalized spacial score (nSPS) is 11.5. The smallest absolute Gasteiger partial charge is 0.164 e. The molecule has 0 fully saturated rings. The molecular formula is C69H45N5. The Morgan fingerprint density at radius 1 is 0.216 bits per heavy atom. The summed E-state index contributed by atoms with van der Waals surface area (Å²) in [5.74, 6) is 1.81. The lowest BCUT2D eigenvalue weighted by atomic mass is 10.0. The number of aromatic nitrogens is 5. The lowest BCUT2D eigenvalue weighted by Crippen LogP contribution is -2.02. The topological polar surface area (TPSA) is 48.5 Å². The highest BCUT2D eigenvalue weighted by Gasteiger charge is 2.23. The molecule has 0 amide bonds. The summed E-state index contributed by atoms with van der Waals surface area (Å²) in [6.07, 6.45) is 0. The molecule has 0 saturated carbocycles. The maximum absolute atomic E-state index is 5.34. The van der Waals surface area contributed by atoms with Crippen LogP contribution in [0.4, 0.5) is 0 Å². The van der Waals surface area contributed by atoms with Crippen molar-refractivity contribution in [2.45, 2.75) is 0 Å². The number of rotatable bonds is 9. The fraction of sp³-hybridized carbons (Fsp3) is 0. The summed E-state index contributed by atoms with van der Waals surface area (Å²) in [5, 5.41) is 4.74. The standard InChI is InChI=1S/C69H45N5/c1-6-19-46(20-7-1)50-33-35-52(36-34-50)68-70-67(51-27-14-5-15-28-51)71-69(72-68)56-41-55(49-25-12-4-13-26-49)42-57(43-56)73-62-31-18-32-63(66(62)60-40-38-54(45-65(60)73)48-23-10-3-11-24-48)74-61-30-17-16-29-58(61)59-39-37-53(44-64(59)74)47-21-8-2-9-22-47/h1-45H. The first-order valence-electron chi connectivity index (χ1n) is 25.1. The Kier molecular flexibility index (Phi) is 10.4. The summed E-state index contributed by atoms with van der Waals surface area (Å²) in [6.45, 7) is 0. The van der Waals surface area contributed by atoms with E-state index < -0.39 is 0 Å². The van der Waals surface area contributed by atoms with E-state index in [0.29, 0.717) is 17.5 Å². The maximum atomic E-state index is 5.34. The van der Waals surface area contributed by atoms with Crippen molar-refractivity contribution in [2.24, 2.45) is 0 Å². The molecule has 74 heavy (non-hydrogen) atoms. The van der Waals surface area contributed by atoms with Crippen molar-refractivity contribution in [3.05, 3.63) is 273 Å². The van der Waals surface area contributed by atoms with Gasteiger partial charge in [-0.3, -0.25) is 0 Å². The molecule has 3 aromatic heterocycles. The second-order valence-corrected chi connectivity index (χ2v) is 18.8. The van der Waals surface area contributed by atoms with Crippen LogP contribution in [0.2, 0.25) is 0 Å². The average Bonchev–Trinajstić information content (AvgIpc) is 4.01. The molecule has 5 heteroatoms. The molecule has 0 unspecified atom stereocenters. The summed E-state index contributed by atoms with van der Waals surface area (Å²) < 4.78 is 4.92. The van der Waals surface area contributed by atoms with Crippen LogP contribution in [0.3, 0.4) is 0 Å². The average molecular weight is 944 g/mol. The van der Waals surface area contributed by atoms with E-state index in [4.69, 9.17) is 15.0 Å². The Morgan fingerprint density at radius 2 is 0.608 bits per heavy atom. The van der Waals surface area contributed by atoms with Crippen molar-refractivity contribution in [3.8, 4) is 90.0 Å². The van der Waals surface area contributed by atoms with Gasteiger partial charge in [0.2, 0.25) is 0 Å². The van der Waals surface area contributed by atoms with Crippen molar-refractivity contribution >= 4 is 43.6 Å². The number of nitrogens with zero attached hydrogens (tertiary/aromatic N) is 5. The molecule has 5 nitrogen and oxygen atoms in total. The summed E-state index contributed by atoms with van der Waals surface area (Å²) in [7, 11) is 0. The molecule has 0 bridgehead atoms. The second-order valence-electron chi connectivity index (χ2n) is 18.8. The third-order valence-electron chi connectivity index (χ3n) is 14.4. The maximum Gasteiger partial charge on any atom is 0.164 e. The quantitative estimate of drug-likeness (QED) is 0.145. The predicted molar refractivity (Wildman–Crippen MR) is 307 cm³/mol. The Balaban J connectivity index is 1.03. The summed E-state index contributed by atoms with van der Waals surface area (Å²) in [6, 6.07) is 97.3. The van der Waals surface area contributed by atoms with Gasteiger partial charge in [0.25, 0.3) is 0 Å². The Morgan fingerprint density at radius 3 is 1.20 bits per heavy atom. The molecule has 0 saturated heterocycles. The zero-order valence-corrected chi connectivity index (χ0v) is 40.2. The molecule has 0 aliphatic carbocycles. The first kappa shape index (κ1) is 42.9. The second kappa shape index (κ2) is 18.0. The van der Waals surface area contributed by atoms with Gasteiger partial charge in [0.15, 0.2) is 17.5 Å². The van der Waals surface area contributed by atoms with Crippen LogP contribution in [-0.2, 0) is 0 Å². The minimum Gasteiger partial charge on any atom is -0.309 e. The van der Waals surface area contributed by atoms with E-state index in [9.17, 15) is 0 Å². The SMILES string of the molecule is c1ccc(-c2ccc(-c3nc(-c4ccccc4)nc(-c4cc(-c5ccccc5)cc(-n5c6cc(-c7ccccc7)ccc6c6c(-n7c8ccccc8c8ccc(-c9ccccc9)cc87)cccc65)c4)n3)cc2)cc1. The van der Waals surface area contributed by atoms with E-state index in [-0.39, 0.29) is 0 Å². The molecule has 11 aromatic carbocycles. The van der Waals surface area contributed by atoms with Crippen LogP contribution in [0, 0.1) is 0 Å². The lowest BCUT2D eigenvalue weighted by molar-refractivity contribution is 1.07. The van der Waals surface area contributed by atoms with Gasteiger partial charge in [0.05, 0.1) is 27.8 Å². The van der Waals surface area contributed by atoms with Gasteiger partial charge in [-0.25, -0.2) is 15.0 Å². The monoisotopic (exact) mass is 943 g/mol. The summed E-state index contributed by atoms with van der Waals surface area (Å²) >= 11 is 0. The summed E-state index contributed by atoms with van der Waals surface area (Å²) in [5.41, 5.74) is 18.4. The van der Waals surface area contributed by atoms with Crippen LogP contribution in [0.25, 0.3) is 134 Å². The molecule has 3 heterocycles. The number of hydrogen-bond acceptors (Lipinski definition) is 3. The molecule has 14 aromatic rings. The van der Waals surface area contributed by atoms with Gasteiger partial charge < -0.3 is 9.13 Å². The van der Waals surface area contributed by atoms with Crippen LogP contribution < -0.4 is 0 Å². The molecule has 14 rings (SSSR count). The van der Waals surface area contributed by atoms with E-state index in [1.54, 1.807) is 0 Å². The fourth-order valence-electron chi connectivity index (χ4n) is 10.8. The van der Waals surface area contributed by atoms with Gasteiger partial charge in [-0.2, -0.15) is 0 Å². The Bertz CT molecular complexity index is 4370. The zero-order chi connectivity index (χ0) is 49.0. The van der Waals surface area contributed by atoms with Gasteiger partial charge >= 0.3 is 0 Å². The van der Waals surface area contributed by atoms with Crippen molar-refractivity contribution < 1.29 is 0 Å². The molecule has 0 N–H and O–H groups in total. The van der Waals surface area contributed by atoms with Gasteiger partial charge in [-0.1, -0.05) is 224 Å². The van der Waals surface area contributed by atoms with E-state index in [0.717, 1.165) is 94.3 Å². The van der Waals surface area contributed by atoms with Gasteiger partial charge in [-0.15, -0.1) is 0 Å². The largest absolute Gasteiger partial charge is 0.309 e. The van der Waals surface area contributed by atoms with Crippen LogP contribution >= 0.6 is 0 Å². The summed E-state index contributed by atoms with van der Waals surface area (Å²) in [4.78, 5) is 15.8. The van der Waals surface area contributed by atoms with Crippen LogP contribution in [0.5, 0.6) is 0 Å². The highest BCUT2D eigenvalue weighted by Crippen LogP contribution is 2.43. The van der Waals surface area contributed by atoms with Crippen molar-refractivity contribution in [2.75, 3.05) is 0 Å². The number of benzene rings is 11. The zero-order valence-electron chi connectivity index (χ0n) is 40.2. The van der Waals surface area contributed by atoms with Crippen LogP contribution in [0.1, 0.15) is 0 Å². The molecule has 0 atom stereocenters. The number of para-hydroxylation sites is 1. The number of fused-ring (bicyclic) bond motifs is 6.